The molecule has 5 heteroatoms. The van der Waals surface area contributed by atoms with E-state index in [1.807, 2.05) is 13.2 Å². The van der Waals surface area contributed by atoms with E-state index in [9.17, 15) is 0 Å². The van der Waals surface area contributed by atoms with Crippen LogP contribution in [0.4, 0.5) is 11.8 Å². The van der Waals surface area contributed by atoms with Crippen molar-refractivity contribution in [3.63, 3.8) is 0 Å². The van der Waals surface area contributed by atoms with Crippen molar-refractivity contribution in [2.24, 2.45) is 5.92 Å². The maximum absolute atomic E-state index is 4.63. The maximum atomic E-state index is 4.63. The molecule has 4 nitrogen and oxygen atoms in total. The van der Waals surface area contributed by atoms with Crippen LogP contribution in [0.2, 0.25) is 0 Å². The Kier molecular flexibility index (Phi) is 3.41. The van der Waals surface area contributed by atoms with Gasteiger partial charge in [0.1, 0.15) is 5.82 Å². The van der Waals surface area contributed by atoms with Gasteiger partial charge in [-0.3, -0.25) is 0 Å². The molecule has 1 saturated heterocycles. The predicted molar refractivity (Wildman–Crippen MR) is 77.0 cm³/mol. The normalized spacial score (nSPS) is 27.1. The second-order valence-electron chi connectivity index (χ2n) is 5.21. The van der Waals surface area contributed by atoms with E-state index in [1.165, 1.54) is 32.1 Å². The molecule has 2 heterocycles. The Morgan fingerprint density at radius 1 is 1.33 bits per heavy atom. The quantitative estimate of drug-likeness (QED) is 0.911. The fourth-order valence-corrected chi connectivity index (χ4v) is 3.82. The number of hydrogen-bond acceptors (Lipinski definition) is 4. The van der Waals surface area contributed by atoms with Gasteiger partial charge in [0.05, 0.1) is 4.47 Å². The zero-order valence-electron chi connectivity index (χ0n) is 10.7. The summed E-state index contributed by atoms with van der Waals surface area (Å²) in [5, 5.41) is 3.02. The third-order valence-electron chi connectivity index (χ3n) is 4.21. The average Bonchev–Trinajstić information content (AvgIpc) is 2.87. The molecule has 0 spiro atoms. The molecule has 2 atom stereocenters. The van der Waals surface area contributed by atoms with Crippen molar-refractivity contribution in [3.05, 3.63) is 10.7 Å². The van der Waals surface area contributed by atoms with Gasteiger partial charge in [-0.1, -0.05) is 6.42 Å². The van der Waals surface area contributed by atoms with Crippen LogP contribution < -0.4 is 10.2 Å². The Labute approximate surface area is 116 Å². The molecule has 18 heavy (non-hydrogen) atoms. The van der Waals surface area contributed by atoms with Gasteiger partial charge in [-0.15, -0.1) is 0 Å². The maximum Gasteiger partial charge on any atom is 0.224 e. The molecular formula is C13H19BrN4. The standard InChI is InChI=1S/C13H19BrN4/c1-15-13-16-8-10(14)12(17-13)18-7-3-5-9-4-2-6-11(9)18/h8-9,11H,2-7H2,1H3,(H,15,16,17). The number of nitrogens with one attached hydrogen (secondary N) is 1. The van der Waals surface area contributed by atoms with Crippen LogP contribution in [0.25, 0.3) is 0 Å². The van der Waals surface area contributed by atoms with Crippen molar-refractivity contribution in [2.75, 3.05) is 23.8 Å². The molecule has 2 aliphatic rings. The lowest BCUT2D eigenvalue weighted by Gasteiger charge is -2.39. The predicted octanol–water partition coefficient (Wildman–Crippen LogP) is 3.05. The largest absolute Gasteiger partial charge is 0.357 e. The summed E-state index contributed by atoms with van der Waals surface area (Å²) in [4.78, 5) is 11.4. The first-order valence-corrected chi connectivity index (χ1v) is 7.56. The highest BCUT2D eigenvalue weighted by atomic mass is 79.9. The van der Waals surface area contributed by atoms with Gasteiger partial charge in [0.15, 0.2) is 0 Å². The SMILES string of the molecule is CNc1ncc(Br)c(N2CCCC3CCCC32)n1. The topological polar surface area (TPSA) is 41.1 Å². The molecule has 98 valence electrons. The summed E-state index contributed by atoms with van der Waals surface area (Å²) in [7, 11) is 1.86. The second kappa shape index (κ2) is 5.03. The van der Waals surface area contributed by atoms with E-state index in [2.05, 4.69) is 36.1 Å². The molecule has 0 aromatic carbocycles. The fourth-order valence-electron chi connectivity index (χ4n) is 3.40. The Morgan fingerprint density at radius 2 is 2.17 bits per heavy atom. The number of halogens is 1. The molecular weight excluding hydrogens is 292 g/mol. The number of fused-ring (bicyclic) bond motifs is 1. The van der Waals surface area contributed by atoms with Gasteiger partial charge in [0.2, 0.25) is 5.95 Å². The molecule has 1 saturated carbocycles. The summed E-state index contributed by atoms with van der Waals surface area (Å²) >= 11 is 3.60. The van der Waals surface area contributed by atoms with Gasteiger partial charge in [0.25, 0.3) is 0 Å². The molecule has 2 fully saturated rings. The second-order valence-corrected chi connectivity index (χ2v) is 6.06. The van der Waals surface area contributed by atoms with E-state index in [0.29, 0.717) is 12.0 Å². The Balaban J connectivity index is 1.93. The van der Waals surface area contributed by atoms with Crippen molar-refractivity contribution < 1.29 is 0 Å². The fraction of sp³-hybridized carbons (Fsp3) is 0.692. The third-order valence-corrected chi connectivity index (χ3v) is 4.77. The van der Waals surface area contributed by atoms with Crippen molar-refractivity contribution in [1.82, 2.24) is 9.97 Å². The van der Waals surface area contributed by atoms with Crippen molar-refractivity contribution >= 4 is 27.7 Å². The third kappa shape index (κ3) is 2.09. The van der Waals surface area contributed by atoms with E-state index in [1.54, 1.807) is 0 Å². The average molecular weight is 311 g/mol. The van der Waals surface area contributed by atoms with Crippen LogP contribution in [-0.2, 0) is 0 Å². The van der Waals surface area contributed by atoms with Gasteiger partial charge in [-0.25, -0.2) is 4.98 Å². The molecule has 0 amide bonds. The molecule has 1 aliphatic heterocycles. The summed E-state index contributed by atoms with van der Waals surface area (Å²) in [5.41, 5.74) is 0. The monoisotopic (exact) mass is 310 g/mol. The minimum absolute atomic E-state index is 0.689. The number of nitrogens with zero attached hydrogens (tertiary/aromatic N) is 3. The molecule has 0 bridgehead atoms. The van der Waals surface area contributed by atoms with Gasteiger partial charge >= 0.3 is 0 Å². The van der Waals surface area contributed by atoms with E-state index < -0.39 is 0 Å². The first-order valence-electron chi connectivity index (χ1n) is 6.76. The Morgan fingerprint density at radius 3 is 3.00 bits per heavy atom. The van der Waals surface area contributed by atoms with Gasteiger partial charge in [-0.2, -0.15) is 4.98 Å². The van der Waals surface area contributed by atoms with E-state index >= 15 is 0 Å². The van der Waals surface area contributed by atoms with Crippen molar-refractivity contribution in [1.29, 1.82) is 0 Å². The zero-order valence-corrected chi connectivity index (χ0v) is 12.3. The molecule has 1 aromatic heterocycles. The van der Waals surface area contributed by atoms with Crippen LogP contribution in [0.15, 0.2) is 10.7 Å². The number of hydrogen-bond donors (Lipinski definition) is 1. The molecule has 2 unspecified atom stereocenters. The van der Waals surface area contributed by atoms with Crippen LogP contribution in [0.1, 0.15) is 32.1 Å². The number of aromatic nitrogens is 2. The van der Waals surface area contributed by atoms with Crippen LogP contribution >= 0.6 is 15.9 Å². The molecule has 1 aromatic rings. The number of rotatable bonds is 2. The van der Waals surface area contributed by atoms with Crippen LogP contribution in [0, 0.1) is 5.92 Å². The number of anilines is 2. The summed E-state index contributed by atoms with van der Waals surface area (Å²) in [5.74, 6) is 2.64. The molecule has 0 radical (unpaired) electrons. The highest BCUT2D eigenvalue weighted by molar-refractivity contribution is 9.10. The Hall–Kier alpha value is -0.840. The van der Waals surface area contributed by atoms with Crippen molar-refractivity contribution in [2.45, 2.75) is 38.1 Å². The molecule has 3 rings (SSSR count). The van der Waals surface area contributed by atoms with E-state index in [0.717, 1.165) is 22.8 Å². The first-order chi connectivity index (χ1) is 8.79. The van der Waals surface area contributed by atoms with E-state index in [-0.39, 0.29) is 0 Å². The highest BCUT2D eigenvalue weighted by Gasteiger charge is 2.36. The molecule has 1 N–H and O–H groups in total. The summed E-state index contributed by atoms with van der Waals surface area (Å²) in [6, 6.07) is 0.689. The highest BCUT2D eigenvalue weighted by Crippen LogP contribution is 2.40. The lowest BCUT2D eigenvalue weighted by molar-refractivity contribution is 0.360. The summed E-state index contributed by atoms with van der Waals surface area (Å²) in [6.07, 6.45) is 8.61. The van der Waals surface area contributed by atoms with E-state index in [4.69, 9.17) is 0 Å². The van der Waals surface area contributed by atoms with Crippen LogP contribution in [0.3, 0.4) is 0 Å². The lowest BCUT2D eigenvalue weighted by atomic mass is 9.92. The minimum atomic E-state index is 0.689. The summed E-state index contributed by atoms with van der Waals surface area (Å²) in [6.45, 7) is 1.12. The Bertz CT molecular complexity index is 437. The van der Waals surface area contributed by atoms with Crippen LogP contribution in [-0.4, -0.2) is 29.6 Å². The van der Waals surface area contributed by atoms with Gasteiger partial charge < -0.3 is 10.2 Å². The van der Waals surface area contributed by atoms with Crippen molar-refractivity contribution in [3.8, 4) is 0 Å². The molecule has 1 aliphatic carbocycles. The minimum Gasteiger partial charge on any atom is -0.357 e. The summed E-state index contributed by atoms with van der Waals surface area (Å²) < 4.78 is 1.01. The smallest absolute Gasteiger partial charge is 0.224 e. The first kappa shape index (κ1) is 12.2. The number of piperidine rings is 1. The lowest BCUT2D eigenvalue weighted by Crippen LogP contribution is -2.43. The van der Waals surface area contributed by atoms with Crippen LogP contribution in [0.5, 0.6) is 0 Å². The van der Waals surface area contributed by atoms with Gasteiger partial charge in [0, 0.05) is 25.8 Å². The zero-order chi connectivity index (χ0) is 12.5. The van der Waals surface area contributed by atoms with Gasteiger partial charge in [-0.05, 0) is 47.5 Å².